The monoisotopic (exact) mass is 342 g/mol. The first-order valence-electron chi connectivity index (χ1n) is 6.81. The normalized spacial score (nSPS) is 20.0. The van der Waals surface area contributed by atoms with Crippen molar-refractivity contribution in [2.45, 2.75) is 17.9 Å². The summed E-state index contributed by atoms with van der Waals surface area (Å²) in [6.07, 6.45) is 0.252. The molecular formula is C18H15BrO2. The Bertz CT molecular complexity index is 625. The van der Waals surface area contributed by atoms with Gasteiger partial charge < -0.3 is 4.74 Å². The van der Waals surface area contributed by atoms with Gasteiger partial charge in [-0.15, -0.1) is 0 Å². The number of rotatable bonds is 3. The molecule has 0 unspecified atom stereocenters. The highest BCUT2D eigenvalue weighted by atomic mass is 79.9. The highest BCUT2D eigenvalue weighted by Gasteiger charge is 2.52. The molecule has 0 saturated carbocycles. The number of esters is 1. The van der Waals surface area contributed by atoms with Crippen LogP contribution in [-0.2, 0) is 14.9 Å². The van der Waals surface area contributed by atoms with E-state index in [1.807, 2.05) is 60.7 Å². The van der Waals surface area contributed by atoms with Crippen LogP contribution in [0.25, 0.3) is 0 Å². The second-order valence-corrected chi connectivity index (χ2v) is 6.20. The van der Waals surface area contributed by atoms with Gasteiger partial charge in [0.05, 0.1) is 0 Å². The van der Waals surface area contributed by atoms with Gasteiger partial charge in [0.25, 0.3) is 0 Å². The fraction of sp³-hybridized carbons (Fsp3) is 0.167. The summed E-state index contributed by atoms with van der Waals surface area (Å²) in [6, 6.07) is 19.6. The van der Waals surface area contributed by atoms with E-state index in [1.165, 1.54) is 0 Å². The Labute approximate surface area is 132 Å². The zero-order valence-electron chi connectivity index (χ0n) is 11.5. The molecule has 2 nitrogen and oxygen atoms in total. The van der Waals surface area contributed by atoms with Gasteiger partial charge in [0.2, 0.25) is 0 Å². The summed E-state index contributed by atoms with van der Waals surface area (Å²) in [6.45, 7) is 3.86. The van der Waals surface area contributed by atoms with Crippen LogP contribution >= 0.6 is 15.9 Å². The zero-order chi connectivity index (χ0) is 14.9. The van der Waals surface area contributed by atoms with E-state index >= 15 is 0 Å². The third kappa shape index (κ3) is 2.32. The predicted octanol–water partition coefficient (Wildman–Crippen LogP) is 4.20. The summed E-state index contributed by atoms with van der Waals surface area (Å²) in [5, 5.41) is 0. The number of hydrogen-bond acceptors (Lipinski definition) is 2. The molecule has 0 bridgehead atoms. The fourth-order valence-corrected chi connectivity index (χ4v) is 3.15. The minimum absolute atomic E-state index is 0.217. The van der Waals surface area contributed by atoms with Crippen LogP contribution in [0.5, 0.6) is 0 Å². The molecule has 0 aliphatic carbocycles. The van der Waals surface area contributed by atoms with Crippen molar-refractivity contribution in [1.82, 2.24) is 0 Å². The first kappa shape index (κ1) is 14.1. The summed E-state index contributed by atoms with van der Waals surface area (Å²) in [7, 11) is 0. The van der Waals surface area contributed by atoms with E-state index in [-0.39, 0.29) is 12.1 Å². The molecule has 0 radical (unpaired) electrons. The van der Waals surface area contributed by atoms with Crippen molar-refractivity contribution >= 4 is 21.9 Å². The van der Waals surface area contributed by atoms with Gasteiger partial charge in [-0.05, 0) is 11.1 Å². The lowest BCUT2D eigenvalue weighted by Crippen LogP contribution is -2.33. The molecule has 0 N–H and O–H groups in total. The molecule has 0 amide bonds. The predicted molar refractivity (Wildman–Crippen MR) is 86.2 cm³/mol. The van der Waals surface area contributed by atoms with Crippen LogP contribution in [0.15, 0.2) is 71.7 Å². The van der Waals surface area contributed by atoms with Crippen molar-refractivity contribution in [3.8, 4) is 0 Å². The third-order valence-corrected chi connectivity index (χ3v) is 4.48. The van der Waals surface area contributed by atoms with Crippen LogP contribution in [0.1, 0.15) is 17.5 Å². The van der Waals surface area contributed by atoms with Gasteiger partial charge in [0, 0.05) is 10.9 Å². The number of halogens is 1. The summed E-state index contributed by atoms with van der Waals surface area (Å²) in [5.41, 5.74) is 1.15. The van der Waals surface area contributed by atoms with Gasteiger partial charge in [0.1, 0.15) is 11.5 Å². The number of hydrogen-bond donors (Lipinski definition) is 0. The lowest BCUT2D eigenvalue weighted by molar-refractivity contribution is -0.143. The maximum Gasteiger partial charge on any atom is 0.321 e. The molecule has 3 heteroatoms. The van der Waals surface area contributed by atoms with Crippen LogP contribution in [0.2, 0.25) is 0 Å². The fourth-order valence-electron chi connectivity index (χ4n) is 2.89. The molecule has 0 aromatic heterocycles. The highest BCUT2D eigenvalue weighted by molar-refractivity contribution is 9.11. The second-order valence-electron chi connectivity index (χ2n) is 5.18. The Morgan fingerprint density at radius 2 is 1.52 bits per heavy atom. The van der Waals surface area contributed by atoms with E-state index in [1.54, 1.807) is 0 Å². The largest absolute Gasteiger partial charge is 0.456 e. The lowest BCUT2D eigenvalue weighted by atomic mass is 9.72. The van der Waals surface area contributed by atoms with Crippen molar-refractivity contribution in [3.05, 3.63) is 82.9 Å². The van der Waals surface area contributed by atoms with E-state index in [0.29, 0.717) is 10.9 Å². The maximum atomic E-state index is 12.7. The third-order valence-electron chi connectivity index (χ3n) is 3.97. The van der Waals surface area contributed by atoms with Crippen LogP contribution < -0.4 is 0 Å². The summed E-state index contributed by atoms with van der Waals surface area (Å²) < 4.78 is 6.26. The number of carbonyl (C=O) groups is 1. The summed E-state index contributed by atoms with van der Waals surface area (Å²) in [5.74, 6) is -0.217. The number of ether oxygens (including phenoxy) is 1. The van der Waals surface area contributed by atoms with Crippen molar-refractivity contribution < 1.29 is 9.53 Å². The molecule has 1 aliphatic heterocycles. The minimum atomic E-state index is -0.760. The molecule has 1 fully saturated rings. The molecule has 1 atom stereocenters. The van der Waals surface area contributed by atoms with Gasteiger partial charge in [-0.25, -0.2) is 0 Å². The molecule has 0 spiro atoms. The Morgan fingerprint density at radius 3 is 1.90 bits per heavy atom. The van der Waals surface area contributed by atoms with E-state index in [9.17, 15) is 4.79 Å². The van der Waals surface area contributed by atoms with E-state index < -0.39 is 5.41 Å². The van der Waals surface area contributed by atoms with Crippen molar-refractivity contribution in [2.75, 3.05) is 0 Å². The zero-order valence-corrected chi connectivity index (χ0v) is 13.0. The quantitative estimate of drug-likeness (QED) is 0.781. The van der Waals surface area contributed by atoms with Crippen molar-refractivity contribution in [1.29, 1.82) is 0 Å². The van der Waals surface area contributed by atoms with Gasteiger partial charge in [-0.1, -0.05) is 83.2 Å². The molecule has 21 heavy (non-hydrogen) atoms. The second kappa shape index (κ2) is 5.49. The average Bonchev–Trinajstić information content (AvgIpc) is 2.88. The molecule has 1 saturated heterocycles. The molecule has 2 aromatic carbocycles. The standard InChI is InChI=1S/C18H15BrO2/c1-13(19)16-12-18(17(20)21-16,14-8-4-2-5-9-14)15-10-6-3-7-11-15/h2-11,16H,1,12H2/t16-/m1/s1. The van der Waals surface area contributed by atoms with Gasteiger partial charge >= 0.3 is 5.97 Å². The molecule has 2 aromatic rings. The van der Waals surface area contributed by atoms with E-state index in [0.717, 1.165) is 11.1 Å². The highest BCUT2D eigenvalue weighted by Crippen LogP contribution is 2.45. The van der Waals surface area contributed by atoms with Gasteiger partial charge in [-0.3, -0.25) is 4.79 Å². The first-order chi connectivity index (χ1) is 10.1. The molecular weight excluding hydrogens is 328 g/mol. The number of carbonyl (C=O) groups excluding carboxylic acids is 1. The molecule has 1 heterocycles. The first-order valence-corrected chi connectivity index (χ1v) is 7.60. The molecule has 1 aliphatic rings. The smallest absolute Gasteiger partial charge is 0.321 e. The topological polar surface area (TPSA) is 26.3 Å². The Balaban J connectivity index is 2.18. The van der Waals surface area contributed by atoms with Crippen LogP contribution in [0.3, 0.4) is 0 Å². The summed E-state index contributed by atoms with van der Waals surface area (Å²) in [4.78, 5) is 12.7. The van der Waals surface area contributed by atoms with Crippen LogP contribution in [-0.4, -0.2) is 12.1 Å². The SMILES string of the molecule is C=C(Br)[C@H]1CC(c2ccccc2)(c2ccccc2)C(=O)O1. The van der Waals surface area contributed by atoms with E-state index in [2.05, 4.69) is 22.5 Å². The summed E-state index contributed by atoms with van der Waals surface area (Å²) >= 11 is 3.35. The van der Waals surface area contributed by atoms with E-state index in [4.69, 9.17) is 4.74 Å². The Morgan fingerprint density at radius 1 is 1.05 bits per heavy atom. The molecule has 106 valence electrons. The van der Waals surface area contributed by atoms with Crippen LogP contribution in [0, 0.1) is 0 Å². The van der Waals surface area contributed by atoms with Gasteiger partial charge in [0.15, 0.2) is 0 Å². The minimum Gasteiger partial charge on any atom is -0.456 e. The number of benzene rings is 2. The lowest BCUT2D eigenvalue weighted by Gasteiger charge is -2.26. The van der Waals surface area contributed by atoms with Crippen LogP contribution in [0.4, 0.5) is 0 Å². The number of cyclic esters (lactones) is 1. The average molecular weight is 343 g/mol. The Kier molecular flexibility index (Phi) is 3.68. The molecule has 3 rings (SSSR count). The van der Waals surface area contributed by atoms with Crippen molar-refractivity contribution in [2.24, 2.45) is 0 Å². The Hall–Kier alpha value is -1.87. The van der Waals surface area contributed by atoms with Gasteiger partial charge in [-0.2, -0.15) is 0 Å². The maximum absolute atomic E-state index is 12.7. The van der Waals surface area contributed by atoms with Crippen molar-refractivity contribution in [3.63, 3.8) is 0 Å².